The Labute approximate surface area is 114 Å². The summed E-state index contributed by atoms with van der Waals surface area (Å²) in [6, 6.07) is 8.11. The summed E-state index contributed by atoms with van der Waals surface area (Å²) in [4.78, 5) is 16.7. The maximum atomic E-state index is 12.2. The lowest BCUT2D eigenvalue weighted by Crippen LogP contribution is -2.37. The minimum atomic E-state index is 0.233. The fraction of sp³-hybridized carbons (Fsp3) is 0.533. The van der Waals surface area contributed by atoms with E-state index in [1.54, 1.807) is 0 Å². The molecular formula is C15H21N3O. The molecule has 19 heavy (non-hydrogen) atoms. The fourth-order valence-electron chi connectivity index (χ4n) is 2.92. The number of hydrogen-bond acceptors (Lipinski definition) is 3. The van der Waals surface area contributed by atoms with Crippen LogP contribution in [0.3, 0.4) is 0 Å². The van der Waals surface area contributed by atoms with E-state index in [0.29, 0.717) is 6.42 Å². The second-order valence-electron chi connectivity index (χ2n) is 5.29. The van der Waals surface area contributed by atoms with E-state index in [4.69, 9.17) is 0 Å². The van der Waals surface area contributed by atoms with E-state index in [1.807, 2.05) is 23.1 Å². The van der Waals surface area contributed by atoms with Crippen LogP contribution in [0.2, 0.25) is 0 Å². The minimum Gasteiger partial charge on any atom is -0.383 e. The average Bonchev–Trinajstić information content (AvgIpc) is 2.88. The van der Waals surface area contributed by atoms with Gasteiger partial charge in [0.05, 0.1) is 11.4 Å². The van der Waals surface area contributed by atoms with E-state index in [1.165, 1.54) is 25.9 Å². The van der Waals surface area contributed by atoms with Gasteiger partial charge in [-0.3, -0.25) is 4.79 Å². The number of carbonyl (C=O) groups excluding carboxylic acids is 1. The zero-order valence-electron chi connectivity index (χ0n) is 11.3. The first-order valence-electron chi connectivity index (χ1n) is 7.20. The van der Waals surface area contributed by atoms with Gasteiger partial charge < -0.3 is 15.1 Å². The molecule has 0 spiro atoms. The molecule has 1 fully saturated rings. The summed E-state index contributed by atoms with van der Waals surface area (Å²) in [5, 5.41) is 3.34. The highest BCUT2D eigenvalue weighted by molar-refractivity contribution is 5.98. The Morgan fingerprint density at radius 1 is 1.11 bits per heavy atom. The molecule has 0 aromatic heterocycles. The lowest BCUT2D eigenvalue weighted by atomic mass is 10.2. The summed E-state index contributed by atoms with van der Waals surface area (Å²) in [5.41, 5.74) is 2.11. The van der Waals surface area contributed by atoms with Crippen LogP contribution in [0, 0.1) is 0 Å². The maximum absolute atomic E-state index is 12.2. The molecule has 0 saturated carbocycles. The predicted molar refractivity (Wildman–Crippen MR) is 77.6 cm³/mol. The molecule has 1 N–H and O–H groups in total. The number of nitrogens with one attached hydrogen (secondary N) is 1. The SMILES string of the molecule is O=C1CCNc2ccccc2N1CCN1CCCC1. The topological polar surface area (TPSA) is 35.6 Å². The number of amides is 1. The van der Waals surface area contributed by atoms with Crippen molar-refractivity contribution >= 4 is 17.3 Å². The molecule has 3 rings (SSSR count). The fourth-order valence-corrected chi connectivity index (χ4v) is 2.92. The van der Waals surface area contributed by atoms with Gasteiger partial charge in [-0.15, -0.1) is 0 Å². The Morgan fingerprint density at radius 3 is 2.74 bits per heavy atom. The molecule has 0 unspecified atom stereocenters. The van der Waals surface area contributed by atoms with Crippen molar-refractivity contribution in [3.63, 3.8) is 0 Å². The number of rotatable bonds is 3. The van der Waals surface area contributed by atoms with Gasteiger partial charge in [0.1, 0.15) is 0 Å². The first-order valence-corrected chi connectivity index (χ1v) is 7.20. The monoisotopic (exact) mass is 259 g/mol. The van der Waals surface area contributed by atoms with Crippen LogP contribution in [-0.4, -0.2) is 43.5 Å². The van der Waals surface area contributed by atoms with Crippen LogP contribution in [-0.2, 0) is 4.79 Å². The molecule has 0 bridgehead atoms. The van der Waals surface area contributed by atoms with Gasteiger partial charge in [0.15, 0.2) is 0 Å². The third-order valence-electron chi connectivity index (χ3n) is 3.99. The normalized spacial score (nSPS) is 20.0. The quantitative estimate of drug-likeness (QED) is 0.901. The molecule has 4 heteroatoms. The molecule has 0 atom stereocenters. The smallest absolute Gasteiger partial charge is 0.228 e. The second kappa shape index (κ2) is 5.61. The molecule has 0 aliphatic carbocycles. The molecule has 1 saturated heterocycles. The summed E-state index contributed by atoms with van der Waals surface area (Å²) in [7, 11) is 0. The summed E-state index contributed by atoms with van der Waals surface area (Å²) in [6.07, 6.45) is 3.17. The molecule has 0 radical (unpaired) electrons. The van der Waals surface area contributed by atoms with Gasteiger partial charge in [0.25, 0.3) is 0 Å². The largest absolute Gasteiger partial charge is 0.383 e. The molecular weight excluding hydrogens is 238 g/mol. The highest BCUT2D eigenvalue weighted by Crippen LogP contribution is 2.28. The Hall–Kier alpha value is -1.55. The van der Waals surface area contributed by atoms with Crippen LogP contribution >= 0.6 is 0 Å². The highest BCUT2D eigenvalue weighted by atomic mass is 16.2. The van der Waals surface area contributed by atoms with Gasteiger partial charge in [-0.1, -0.05) is 12.1 Å². The number of para-hydroxylation sites is 2. The molecule has 1 aromatic carbocycles. The van der Waals surface area contributed by atoms with Crippen LogP contribution in [0.4, 0.5) is 11.4 Å². The molecule has 2 aliphatic rings. The van der Waals surface area contributed by atoms with Crippen molar-refractivity contribution in [2.24, 2.45) is 0 Å². The number of carbonyl (C=O) groups is 1. The van der Waals surface area contributed by atoms with Gasteiger partial charge in [-0.2, -0.15) is 0 Å². The summed E-state index contributed by atoms with van der Waals surface area (Å²) >= 11 is 0. The summed E-state index contributed by atoms with van der Waals surface area (Å²) in [5.74, 6) is 0.233. The molecule has 102 valence electrons. The zero-order valence-corrected chi connectivity index (χ0v) is 11.3. The van der Waals surface area contributed by atoms with Crippen molar-refractivity contribution in [3.8, 4) is 0 Å². The number of fused-ring (bicyclic) bond motifs is 1. The Kier molecular flexibility index (Phi) is 3.69. The summed E-state index contributed by atoms with van der Waals surface area (Å²) < 4.78 is 0. The van der Waals surface area contributed by atoms with Crippen LogP contribution in [0.25, 0.3) is 0 Å². The number of nitrogens with zero attached hydrogens (tertiary/aromatic N) is 2. The van der Waals surface area contributed by atoms with Crippen LogP contribution < -0.4 is 10.2 Å². The minimum absolute atomic E-state index is 0.233. The van der Waals surface area contributed by atoms with Gasteiger partial charge in [-0.25, -0.2) is 0 Å². The van der Waals surface area contributed by atoms with E-state index >= 15 is 0 Å². The molecule has 1 aromatic rings. The Balaban J connectivity index is 1.75. The second-order valence-corrected chi connectivity index (χ2v) is 5.29. The highest BCUT2D eigenvalue weighted by Gasteiger charge is 2.22. The third kappa shape index (κ3) is 2.73. The van der Waals surface area contributed by atoms with Crippen molar-refractivity contribution in [2.75, 3.05) is 42.9 Å². The standard InChI is InChI=1S/C15H21N3O/c19-15-7-8-16-13-5-1-2-6-14(13)18(15)12-11-17-9-3-4-10-17/h1-2,5-6,16H,3-4,7-12H2. The average molecular weight is 259 g/mol. The third-order valence-corrected chi connectivity index (χ3v) is 3.99. The van der Waals surface area contributed by atoms with Crippen molar-refractivity contribution in [3.05, 3.63) is 24.3 Å². The van der Waals surface area contributed by atoms with E-state index in [0.717, 1.165) is 31.0 Å². The number of benzene rings is 1. The number of anilines is 2. The molecule has 2 aliphatic heterocycles. The van der Waals surface area contributed by atoms with E-state index in [-0.39, 0.29) is 5.91 Å². The predicted octanol–water partition coefficient (Wildman–Crippen LogP) is 1.93. The van der Waals surface area contributed by atoms with Crippen LogP contribution in [0.1, 0.15) is 19.3 Å². The van der Waals surface area contributed by atoms with Crippen molar-refractivity contribution in [2.45, 2.75) is 19.3 Å². The Morgan fingerprint density at radius 2 is 1.89 bits per heavy atom. The van der Waals surface area contributed by atoms with Crippen molar-refractivity contribution < 1.29 is 4.79 Å². The van der Waals surface area contributed by atoms with E-state index in [9.17, 15) is 4.79 Å². The van der Waals surface area contributed by atoms with Gasteiger partial charge in [0, 0.05) is 26.1 Å². The molecule has 4 nitrogen and oxygen atoms in total. The number of likely N-dealkylation sites (tertiary alicyclic amines) is 1. The lowest BCUT2D eigenvalue weighted by Gasteiger charge is -2.25. The molecule has 1 amide bonds. The van der Waals surface area contributed by atoms with Crippen molar-refractivity contribution in [1.29, 1.82) is 0 Å². The van der Waals surface area contributed by atoms with Gasteiger partial charge >= 0.3 is 0 Å². The molecule has 2 heterocycles. The van der Waals surface area contributed by atoms with Gasteiger partial charge in [0.2, 0.25) is 5.91 Å². The lowest BCUT2D eigenvalue weighted by molar-refractivity contribution is -0.118. The zero-order chi connectivity index (χ0) is 13.1. The van der Waals surface area contributed by atoms with E-state index < -0.39 is 0 Å². The first kappa shape index (κ1) is 12.5. The maximum Gasteiger partial charge on any atom is 0.228 e. The van der Waals surface area contributed by atoms with Crippen LogP contribution in [0.5, 0.6) is 0 Å². The van der Waals surface area contributed by atoms with E-state index in [2.05, 4.69) is 16.3 Å². The summed E-state index contributed by atoms with van der Waals surface area (Å²) in [6.45, 7) is 4.89. The van der Waals surface area contributed by atoms with Crippen molar-refractivity contribution in [1.82, 2.24) is 4.90 Å². The van der Waals surface area contributed by atoms with Crippen LogP contribution in [0.15, 0.2) is 24.3 Å². The Bertz CT molecular complexity index is 454. The number of hydrogen-bond donors (Lipinski definition) is 1. The van der Waals surface area contributed by atoms with Gasteiger partial charge in [-0.05, 0) is 38.1 Å². The first-order chi connectivity index (χ1) is 9.34.